The van der Waals surface area contributed by atoms with Crippen LogP contribution in [0.15, 0.2) is 24.3 Å². The molecule has 2 aromatic rings. The molecule has 3 nitrogen and oxygen atoms in total. The first-order valence-electron chi connectivity index (χ1n) is 5.24. The van der Waals surface area contributed by atoms with Gasteiger partial charge in [-0.2, -0.15) is 5.10 Å². The highest BCUT2D eigenvalue weighted by atomic mass is 15.1. The van der Waals surface area contributed by atoms with Gasteiger partial charge in [0.05, 0.1) is 5.52 Å². The third-order valence-electron chi connectivity index (χ3n) is 2.75. The van der Waals surface area contributed by atoms with Gasteiger partial charge in [-0.05, 0) is 24.4 Å². The minimum atomic E-state index is 0.120. The number of aromatic nitrogens is 2. The van der Waals surface area contributed by atoms with Crippen LogP contribution in [0.3, 0.4) is 0 Å². The monoisotopic (exact) mass is 203 g/mol. The van der Waals surface area contributed by atoms with Crippen LogP contribution in [-0.2, 0) is 6.42 Å². The molecule has 0 amide bonds. The van der Waals surface area contributed by atoms with Crippen LogP contribution < -0.4 is 5.73 Å². The van der Waals surface area contributed by atoms with Crippen LogP contribution in [0.5, 0.6) is 0 Å². The van der Waals surface area contributed by atoms with Gasteiger partial charge >= 0.3 is 0 Å². The molecule has 3 N–H and O–H groups in total. The van der Waals surface area contributed by atoms with Crippen LogP contribution in [0.25, 0.3) is 10.9 Å². The zero-order valence-electron chi connectivity index (χ0n) is 9.25. The highest BCUT2D eigenvalue weighted by molar-refractivity contribution is 5.81. The average molecular weight is 203 g/mol. The number of rotatable bonds is 3. The molecule has 0 aliphatic carbocycles. The third-order valence-corrected chi connectivity index (χ3v) is 2.75. The molecular weight excluding hydrogens is 186 g/mol. The molecule has 0 saturated heterocycles. The minimum Gasteiger partial charge on any atom is -0.330 e. The van der Waals surface area contributed by atoms with E-state index in [-0.39, 0.29) is 5.41 Å². The normalized spacial score (nSPS) is 12.2. The fourth-order valence-corrected chi connectivity index (χ4v) is 1.70. The Labute approximate surface area is 89.7 Å². The Balaban J connectivity index is 2.37. The van der Waals surface area contributed by atoms with Gasteiger partial charge in [0.2, 0.25) is 0 Å². The predicted octanol–water partition coefficient (Wildman–Crippen LogP) is 2.09. The maximum Gasteiger partial charge on any atom is 0.0923 e. The van der Waals surface area contributed by atoms with Gasteiger partial charge in [0.15, 0.2) is 0 Å². The molecule has 0 aliphatic heterocycles. The predicted molar refractivity (Wildman–Crippen MR) is 62.6 cm³/mol. The zero-order chi connectivity index (χ0) is 10.9. The summed E-state index contributed by atoms with van der Waals surface area (Å²) in [6.45, 7) is 5.02. The molecule has 0 radical (unpaired) electrons. The minimum absolute atomic E-state index is 0.120. The molecule has 3 heteroatoms. The number of hydrogen-bond acceptors (Lipinski definition) is 2. The maximum absolute atomic E-state index is 5.73. The third kappa shape index (κ3) is 2.02. The van der Waals surface area contributed by atoms with E-state index in [1.165, 1.54) is 11.1 Å². The van der Waals surface area contributed by atoms with Gasteiger partial charge in [0.1, 0.15) is 0 Å². The van der Waals surface area contributed by atoms with E-state index >= 15 is 0 Å². The molecule has 0 spiro atoms. The summed E-state index contributed by atoms with van der Waals surface area (Å²) < 4.78 is 0. The molecule has 2 rings (SSSR count). The molecule has 80 valence electrons. The first-order valence-corrected chi connectivity index (χ1v) is 5.24. The van der Waals surface area contributed by atoms with Crippen LogP contribution in [0.4, 0.5) is 0 Å². The standard InChI is InChI=1S/C12H17N3/c1-12(2,8-13)7-11-9-5-3-4-6-10(9)14-15-11/h3-6H,7-8,13H2,1-2H3,(H,14,15). The van der Waals surface area contributed by atoms with E-state index in [1.807, 2.05) is 18.2 Å². The van der Waals surface area contributed by atoms with Gasteiger partial charge in [-0.25, -0.2) is 0 Å². The van der Waals surface area contributed by atoms with Gasteiger partial charge in [0.25, 0.3) is 0 Å². The maximum atomic E-state index is 5.73. The van der Waals surface area contributed by atoms with Crippen molar-refractivity contribution in [3.63, 3.8) is 0 Å². The molecule has 0 aliphatic rings. The summed E-state index contributed by atoms with van der Waals surface area (Å²) in [5.41, 5.74) is 8.06. The number of fused-ring (bicyclic) bond motifs is 1. The fraction of sp³-hybridized carbons (Fsp3) is 0.417. The summed E-state index contributed by atoms with van der Waals surface area (Å²) >= 11 is 0. The number of aromatic amines is 1. The molecule has 0 unspecified atom stereocenters. The van der Waals surface area contributed by atoms with Crippen molar-refractivity contribution >= 4 is 10.9 Å². The van der Waals surface area contributed by atoms with Crippen molar-refractivity contribution < 1.29 is 0 Å². The van der Waals surface area contributed by atoms with Crippen molar-refractivity contribution in [2.45, 2.75) is 20.3 Å². The Morgan fingerprint density at radius 1 is 1.33 bits per heavy atom. The number of para-hydroxylation sites is 1. The van der Waals surface area contributed by atoms with Gasteiger partial charge in [0, 0.05) is 11.1 Å². The molecule has 1 aromatic carbocycles. The Bertz CT molecular complexity index is 457. The quantitative estimate of drug-likeness (QED) is 0.802. The summed E-state index contributed by atoms with van der Waals surface area (Å²) in [4.78, 5) is 0. The van der Waals surface area contributed by atoms with Crippen LogP contribution in [0.2, 0.25) is 0 Å². The number of benzene rings is 1. The number of nitrogens with two attached hydrogens (primary N) is 1. The van der Waals surface area contributed by atoms with Crippen molar-refractivity contribution in [3.8, 4) is 0 Å². The summed E-state index contributed by atoms with van der Waals surface area (Å²) in [6.07, 6.45) is 0.935. The average Bonchev–Trinajstić information content (AvgIpc) is 2.62. The van der Waals surface area contributed by atoms with Crippen molar-refractivity contribution in [2.75, 3.05) is 6.54 Å². The number of H-pyrrole nitrogens is 1. The van der Waals surface area contributed by atoms with Crippen LogP contribution in [0, 0.1) is 5.41 Å². The first kappa shape index (κ1) is 10.2. The Kier molecular flexibility index (Phi) is 2.49. The van der Waals surface area contributed by atoms with Gasteiger partial charge in [-0.15, -0.1) is 0 Å². The lowest BCUT2D eigenvalue weighted by Gasteiger charge is -2.21. The molecule has 0 bridgehead atoms. The van der Waals surface area contributed by atoms with E-state index in [9.17, 15) is 0 Å². The second kappa shape index (κ2) is 3.66. The summed E-state index contributed by atoms with van der Waals surface area (Å²) in [7, 11) is 0. The van der Waals surface area contributed by atoms with E-state index in [4.69, 9.17) is 5.73 Å². The molecule has 0 saturated carbocycles. The SMILES string of the molecule is CC(C)(CN)Cc1[nH]nc2ccccc12. The molecular formula is C12H17N3. The van der Waals surface area contributed by atoms with Crippen molar-refractivity contribution in [1.82, 2.24) is 10.2 Å². The van der Waals surface area contributed by atoms with Crippen molar-refractivity contribution in [1.29, 1.82) is 0 Å². The number of nitrogens with zero attached hydrogens (tertiary/aromatic N) is 1. The molecule has 1 aromatic heterocycles. The fourth-order valence-electron chi connectivity index (χ4n) is 1.70. The van der Waals surface area contributed by atoms with Gasteiger partial charge in [-0.1, -0.05) is 32.0 Å². The van der Waals surface area contributed by atoms with E-state index in [0.29, 0.717) is 6.54 Å². The smallest absolute Gasteiger partial charge is 0.0923 e. The number of nitrogens with one attached hydrogen (secondary N) is 1. The summed E-state index contributed by atoms with van der Waals surface area (Å²) in [5.74, 6) is 0. The molecule has 15 heavy (non-hydrogen) atoms. The largest absolute Gasteiger partial charge is 0.330 e. The van der Waals surface area contributed by atoms with E-state index in [2.05, 4.69) is 30.1 Å². The molecule has 1 heterocycles. The second-order valence-corrected chi connectivity index (χ2v) is 4.76. The molecule has 0 atom stereocenters. The Hall–Kier alpha value is -1.35. The lowest BCUT2D eigenvalue weighted by Crippen LogP contribution is -2.26. The lowest BCUT2D eigenvalue weighted by molar-refractivity contribution is 0.373. The van der Waals surface area contributed by atoms with Crippen molar-refractivity contribution in [3.05, 3.63) is 30.0 Å². The van der Waals surface area contributed by atoms with Crippen LogP contribution >= 0.6 is 0 Å². The van der Waals surface area contributed by atoms with Crippen LogP contribution in [-0.4, -0.2) is 16.7 Å². The van der Waals surface area contributed by atoms with Gasteiger partial charge < -0.3 is 5.73 Å². The Morgan fingerprint density at radius 3 is 2.80 bits per heavy atom. The highest BCUT2D eigenvalue weighted by Gasteiger charge is 2.18. The zero-order valence-corrected chi connectivity index (χ0v) is 9.25. The second-order valence-electron chi connectivity index (χ2n) is 4.76. The number of hydrogen-bond donors (Lipinski definition) is 2. The van der Waals surface area contributed by atoms with E-state index in [1.54, 1.807) is 0 Å². The van der Waals surface area contributed by atoms with E-state index < -0.39 is 0 Å². The summed E-state index contributed by atoms with van der Waals surface area (Å²) in [6, 6.07) is 8.16. The first-order chi connectivity index (χ1) is 7.12. The highest BCUT2D eigenvalue weighted by Crippen LogP contribution is 2.24. The van der Waals surface area contributed by atoms with Gasteiger partial charge in [-0.3, -0.25) is 5.10 Å². The topological polar surface area (TPSA) is 54.7 Å². The summed E-state index contributed by atoms with van der Waals surface area (Å²) in [5, 5.41) is 8.58. The van der Waals surface area contributed by atoms with Crippen LogP contribution in [0.1, 0.15) is 19.5 Å². The molecule has 0 fully saturated rings. The van der Waals surface area contributed by atoms with E-state index in [0.717, 1.165) is 11.9 Å². The van der Waals surface area contributed by atoms with Crippen molar-refractivity contribution in [2.24, 2.45) is 11.1 Å². The Morgan fingerprint density at radius 2 is 2.07 bits per heavy atom. The lowest BCUT2D eigenvalue weighted by atomic mass is 9.87.